The number of nitrogens with one attached hydrogen (secondary N) is 1. The molecule has 1 aliphatic rings. The number of hydrogen-bond donors (Lipinski definition) is 2. The maximum Gasteiger partial charge on any atom is 0.233 e. The van der Waals surface area contributed by atoms with Crippen molar-refractivity contribution in [1.29, 1.82) is 0 Å². The van der Waals surface area contributed by atoms with Crippen molar-refractivity contribution in [2.75, 3.05) is 18.5 Å². The van der Waals surface area contributed by atoms with E-state index in [0.717, 1.165) is 0 Å². The molecule has 2 atom stereocenters. The maximum absolute atomic E-state index is 11.6. The van der Waals surface area contributed by atoms with Crippen LogP contribution in [0, 0.1) is 5.92 Å². The first kappa shape index (κ1) is 9.50. The molecule has 1 aromatic heterocycles. The summed E-state index contributed by atoms with van der Waals surface area (Å²) < 4.78 is 5.09. The molecular weight excluding hydrogens is 204 g/mol. The van der Waals surface area contributed by atoms with Gasteiger partial charge in [0.15, 0.2) is 0 Å². The van der Waals surface area contributed by atoms with Crippen LogP contribution in [-0.2, 0) is 9.53 Å². The topological polar surface area (TPSA) is 90.1 Å². The Hall–Kier alpha value is -1.05. The van der Waals surface area contributed by atoms with Crippen LogP contribution in [0.5, 0.6) is 0 Å². The number of nitrogens with zero attached hydrogens (tertiary/aromatic N) is 2. The van der Waals surface area contributed by atoms with Crippen molar-refractivity contribution in [3.05, 3.63) is 5.51 Å². The molecule has 6 nitrogen and oxygen atoms in total. The Morgan fingerprint density at radius 1 is 1.71 bits per heavy atom. The Morgan fingerprint density at radius 3 is 3.14 bits per heavy atom. The van der Waals surface area contributed by atoms with Crippen LogP contribution in [-0.4, -0.2) is 35.4 Å². The molecule has 3 N–H and O–H groups in total. The summed E-state index contributed by atoms with van der Waals surface area (Å²) in [5.41, 5.74) is 7.25. The van der Waals surface area contributed by atoms with Crippen molar-refractivity contribution in [2.24, 2.45) is 11.7 Å². The smallest absolute Gasteiger partial charge is 0.233 e. The summed E-state index contributed by atoms with van der Waals surface area (Å²) in [5.74, 6) is -0.425. The molecule has 7 heteroatoms. The molecule has 1 aromatic rings. The van der Waals surface area contributed by atoms with Gasteiger partial charge >= 0.3 is 0 Å². The number of rotatable bonds is 2. The average molecular weight is 214 g/mol. The molecule has 1 fully saturated rings. The van der Waals surface area contributed by atoms with E-state index >= 15 is 0 Å². The second kappa shape index (κ2) is 3.99. The molecule has 1 aliphatic heterocycles. The van der Waals surface area contributed by atoms with Gasteiger partial charge < -0.3 is 15.8 Å². The van der Waals surface area contributed by atoms with Crippen molar-refractivity contribution in [3.8, 4) is 0 Å². The van der Waals surface area contributed by atoms with Crippen molar-refractivity contribution < 1.29 is 9.53 Å². The molecule has 0 bridgehead atoms. The van der Waals surface area contributed by atoms with Crippen LogP contribution >= 0.6 is 11.3 Å². The molecule has 0 radical (unpaired) electrons. The second-order valence-electron chi connectivity index (χ2n) is 3.04. The first-order chi connectivity index (χ1) is 6.77. The SMILES string of the molecule is NC1COCC1C(=O)Nc1nncs1. The molecule has 0 aliphatic carbocycles. The zero-order valence-electron chi connectivity index (χ0n) is 7.34. The van der Waals surface area contributed by atoms with Gasteiger partial charge in [-0.15, -0.1) is 10.2 Å². The average Bonchev–Trinajstić information content (AvgIpc) is 2.75. The van der Waals surface area contributed by atoms with Crippen LogP contribution in [0.3, 0.4) is 0 Å². The Balaban J connectivity index is 1.95. The predicted molar refractivity (Wildman–Crippen MR) is 50.8 cm³/mol. The van der Waals surface area contributed by atoms with Crippen LogP contribution in [0.1, 0.15) is 0 Å². The van der Waals surface area contributed by atoms with Crippen molar-refractivity contribution in [1.82, 2.24) is 10.2 Å². The summed E-state index contributed by atoms with van der Waals surface area (Å²) in [4.78, 5) is 11.6. The lowest BCUT2D eigenvalue weighted by atomic mass is 10.0. The minimum atomic E-state index is -0.279. The summed E-state index contributed by atoms with van der Waals surface area (Å²) in [6.45, 7) is 0.819. The van der Waals surface area contributed by atoms with Crippen molar-refractivity contribution in [2.45, 2.75) is 6.04 Å². The normalized spacial score (nSPS) is 26.4. The molecule has 14 heavy (non-hydrogen) atoms. The number of carbonyl (C=O) groups is 1. The van der Waals surface area contributed by atoms with Crippen molar-refractivity contribution >= 4 is 22.4 Å². The molecule has 2 heterocycles. The van der Waals surface area contributed by atoms with E-state index in [4.69, 9.17) is 10.5 Å². The third-order valence-electron chi connectivity index (χ3n) is 2.05. The predicted octanol–water partition coefficient (Wildman–Crippen LogP) is -0.550. The zero-order chi connectivity index (χ0) is 9.97. The lowest BCUT2D eigenvalue weighted by Gasteiger charge is -2.10. The van der Waals surface area contributed by atoms with Gasteiger partial charge in [-0.1, -0.05) is 11.3 Å². The van der Waals surface area contributed by atoms with E-state index in [-0.39, 0.29) is 17.9 Å². The number of nitrogens with two attached hydrogens (primary N) is 1. The van der Waals surface area contributed by atoms with Crippen LogP contribution in [0.2, 0.25) is 0 Å². The highest BCUT2D eigenvalue weighted by Crippen LogP contribution is 2.15. The van der Waals surface area contributed by atoms with Gasteiger partial charge in [0.2, 0.25) is 11.0 Å². The minimum absolute atomic E-state index is 0.147. The summed E-state index contributed by atoms with van der Waals surface area (Å²) in [5, 5.41) is 10.5. The Bertz CT molecular complexity index is 315. The molecule has 2 unspecified atom stereocenters. The van der Waals surface area contributed by atoms with Crippen LogP contribution in [0.25, 0.3) is 0 Å². The lowest BCUT2D eigenvalue weighted by molar-refractivity contribution is -0.120. The van der Waals surface area contributed by atoms with Crippen LogP contribution < -0.4 is 11.1 Å². The highest BCUT2D eigenvalue weighted by Gasteiger charge is 2.31. The van der Waals surface area contributed by atoms with Crippen LogP contribution in [0.15, 0.2) is 5.51 Å². The lowest BCUT2D eigenvalue weighted by Crippen LogP contribution is -2.37. The fourth-order valence-corrected chi connectivity index (χ4v) is 1.71. The summed E-state index contributed by atoms with van der Waals surface area (Å²) in [6, 6.07) is -0.220. The highest BCUT2D eigenvalue weighted by molar-refractivity contribution is 7.13. The van der Waals surface area contributed by atoms with E-state index in [9.17, 15) is 4.79 Å². The second-order valence-corrected chi connectivity index (χ2v) is 3.87. The third kappa shape index (κ3) is 1.89. The van der Waals surface area contributed by atoms with E-state index in [1.807, 2.05) is 0 Å². The quantitative estimate of drug-likeness (QED) is 0.689. The fourth-order valence-electron chi connectivity index (χ4n) is 1.27. The molecule has 1 amide bonds. The molecule has 1 saturated heterocycles. The summed E-state index contributed by atoms with van der Waals surface area (Å²) in [7, 11) is 0. The summed E-state index contributed by atoms with van der Waals surface area (Å²) >= 11 is 1.28. The monoisotopic (exact) mass is 214 g/mol. The Labute approximate surface area is 84.5 Å². The zero-order valence-corrected chi connectivity index (χ0v) is 8.16. The summed E-state index contributed by atoms with van der Waals surface area (Å²) in [6.07, 6.45) is 0. The number of amides is 1. The number of carbonyl (C=O) groups excluding carboxylic acids is 1. The van der Waals surface area contributed by atoms with Gasteiger partial charge in [0.05, 0.1) is 19.1 Å². The molecule has 76 valence electrons. The standard InChI is InChI=1S/C7H10N4O2S/c8-5-2-13-1-4(5)6(12)10-7-11-9-3-14-7/h3-5H,1-2,8H2,(H,10,11,12). The van der Waals surface area contributed by atoms with Gasteiger partial charge in [-0.2, -0.15) is 0 Å². The third-order valence-corrected chi connectivity index (χ3v) is 2.66. The van der Waals surface area contributed by atoms with Crippen molar-refractivity contribution in [3.63, 3.8) is 0 Å². The molecular formula is C7H10N4O2S. The number of anilines is 1. The van der Waals surface area contributed by atoms with E-state index in [2.05, 4.69) is 15.5 Å². The van der Waals surface area contributed by atoms with Crippen LogP contribution in [0.4, 0.5) is 5.13 Å². The Morgan fingerprint density at radius 2 is 2.57 bits per heavy atom. The van der Waals surface area contributed by atoms with Gasteiger partial charge in [0.25, 0.3) is 0 Å². The minimum Gasteiger partial charge on any atom is -0.379 e. The molecule has 0 spiro atoms. The molecule has 2 rings (SSSR count). The first-order valence-electron chi connectivity index (χ1n) is 4.17. The van der Waals surface area contributed by atoms with Gasteiger partial charge in [-0.3, -0.25) is 4.79 Å². The number of ether oxygens (including phenoxy) is 1. The van der Waals surface area contributed by atoms with E-state index in [1.165, 1.54) is 11.3 Å². The highest BCUT2D eigenvalue weighted by atomic mass is 32.1. The maximum atomic E-state index is 11.6. The number of aromatic nitrogens is 2. The fraction of sp³-hybridized carbons (Fsp3) is 0.571. The molecule has 0 aromatic carbocycles. The van der Waals surface area contributed by atoms with Gasteiger partial charge in [0.1, 0.15) is 5.51 Å². The number of hydrogen-bond acceptors (Lipinski definition) is 6. The Kier molecular flexibility index (Phi) is 2.71. The van der Waals surface area contributed by atoms with Gasteiger partial charge in [0, 0.05) is 6.04 Å². The van der Waals surface area contributed by atoms with Gasteiger partial charge in [-0.05, 0) is 0 Å². The van der Waals surface area contributed by atoms with Gasteiger partial charge in [-0.25, -0.2) is 0 Å². The first-order valence-corrected chi connectivity index (χ1v) is 5.05. The van der Waals surface area contributed by atoms with E-state index in [1.54, 1.807) is 5.51 Å². The molecule has 0 saturated carbocycles. The van der Waals surface area contributed by atoms with E-state index < -0.39 is 0 Å². The van der Waals surface area contributed by atoms with E-state index in [0.29, 0.717) is 18.3 Å². The largest absolute Gasteiger partial charge is 0.379 e.